The Bertz CT molecular complexity index is 1040. The Labute approximate surface area is 149 Å². The number of aromatic amines is 1. The molecule has 0 unspecified atom stereocenters. The molecule has 7 heteroatoms. The van der Waals surface area contributed by atoms with Gasteiger partial charge in [-0.25, -0.2) is 9.37 Å². The Kier molecular flexibility index (Phi) is 3.44. The van der Waals surface area contributed by atoms with E-state index in [2.05, 4.69) is 9.97 Å². The SMILES string of the molecule is COc1cc(F)ccc1CN1C(=O)C(C)(C)c2cc3nc(N)[nH]c3cc21. The summed E-state index contributed by atoms with van der Waals surface area (Å²) in [5, 5.41) is 0. The maximum Gasteiger partial charge on any atom is 0.237 e. The second kappa shape index (κ2) is 5.45. The lowest BCUT2D eigenvalue weighted by Gasteiger charge is -2.21. The molecule has 0 bridgehead atoms. The summed E-state index contributed by atoms with van der Waals surface area (Å²) in [7, 11) is 1.48. The Morgan fingerprint density at radius 2 is 2.08 bits per heavy atom. The van der Waals surface area contributed by atoms with Gasteiger partial charge in [0.05, 0.1) is 35.8 Å². The number of nitrogens with zero attached hydrogens (tertiary/aromatic N) is 2. The van der Waals surface area contributed by atoms with Gasteiger partial charge in [-0.15, -0.1) is 0 Å². The van der Waals surface area contributed by atoms with E-state index in [9.17, 15) is 9.18 Å². The number of nitrogens with one attached hydrogen (secondary N) is 1. The molecule has 1 aliphatic rings. The average Bonchev–Trinajstić information content (AvgIpc) is 3.04. The lowest BCUT2D eigenvalue weighted by atomic mass is 9.86. The van der Waals surface area contributed by atoms with Crippen molar-refractivity contribution in [3.05, 3.63) is 47.3 Å². The molecule has 0 radical (unpaired) electrons. The first-order chi connectivity index (χ1) is 12.3. The molecule has 1 aromatic heterocycles. The number of halogens is 1. The number of amides is 1. The lowest BCUT2D eigenvalue weighted by molar-refractivity contribution is -0.122. The largest absolute Gasteiger partial charge is 0.496 e. The molecule has 3 N–H and O–H groups in total. The summed E-state index contributed by atoms with van der Waals surface area (Å²) in [6.45, 7) is 4.06. The van der Waals surface area contributed by atoms with Crippen molar-refractivity contribution < 1.29 is 13.9 Å². The van der Waals surface area contributed by atoms with Gasteiger partial charge in [0.15, 0.2) is 5.95 Å². The predicted octanol–water partition coefficient (Wildman–Crippen LogP) is 3.12. The number of benzene rings is 2. The summed E-state index contributed by atoms with van der Waals surface area (Å²) in [5.74, 6) is 0.337. The Morgan fingerprint density at radius 3 is 2.81 bits per heavy atom. The van der Waals surface area contributed by atoms with Crippen LogP contribution in [0, 0.1) is 5.82 Å². The summed E-state index contributed by atoms with van der Waals surface area (Å²) in [4.78, 5) is 22.0. The highest BCUT2D eigenvalue weighted by Crippen LogP contribution is 2.44. The summed E-state index contributed by atoms with van der Waals surface area (Å²) >= 11 is 0. The fraction of sp³-hybridized carbons (Fsp3) is 0.263. The number of ether oxygens (including phenoxy) is 1. The van der Waals surface area contributed by atoms with Crippen LogP contribution in [0.5, 0.6) is 5.75 Å². The molecule has 0 atom stereocenters. The van der Waals surface area contributed by atoms with Crippen LogP contribution in [0.4, 0.5) is 16.0 Å². The van der Waals surface area contributed by atoms with Crippen molar-refractivity contribution in [1.29, 1.82) is 0 Å². The van der Waals surface area contributed by atoms with E-state index < -0.39 is 5.41 Å². The number of rotatable bonds is 3. The second-order valence-electron chi connectivity index (χ2n) is 6.98. The number of carbonyl (C=O) groups excluding carboxylic acids is 1. The number of methoxy groups -OCH3 is 1. The van der Waals surface area contributed by atoms with Crippen LogP contribution in [-0.4, -0.2) is 23.0 Å². The number of hydrogen-bond donors (Lipinski definition) is 2. The lowest BCUT2D eigenvalue weighted by Crippen LogP contribution is -2.35. The average molecular weight is 354 g/mol. The van der Waals surface area contributed by atoms with Crippen molar-refractivity contribution >= 4 is 28.6 Å². The van der Waals surface area contributed by atoms with Crippen LogP contribution in [0.3, 0.4) is 0 Å². The van der Waals surface area contributed by atoms with Crippen LogP contribution in [0.15, 0.2) is 30.3 Å². The van der Waals surface area contributed by atoms with E-state index >= 15 is 0 Å². The van der Waals surface area contributed by atoms with Crippen molar-refractivity contribution in [3.63, 3.8) is 0 Å². The van der Waals surface area contributed by atoms with Gasteiger partial charge < -0.3 is 20.4 Å². The maximum absolute atomic E-state index is 13.5. The number of imidazole rings is 1. The number of aromatic nitrogens is 2. The zero-order chi connectivity index (χ0) is 18.6. The van der Waals surface area contributed by atoms with Crippen LogP contribution >= 0.6 is 0 Å². The van der Waals surface area contributed by atoms with E-state index in [1.54, 1.807) is 11.0 Å². The molecular formula is C19H19FN4O2. The van der Waals surface area contributed by atoms with Crippen LogP contribution in [-0.2, 0) is 16.8 Å². The van der Waals surface area contributed by atoms with Gasteiger partial charge in [-0.05, 0) is 37.6 Å². The Morgan fingerprint density at radius 1 is 1.31 bits per heavy atom. The number of hydrogen-bond acceptors (Lipinski definition) is 4. The predicted molar refractivity (Wildman–Crippen MR) is 97.7 cm³/mol. The molecule has 0 aliphatic carbocycles. The molecule has 3 aromatic rings. The van der Waals surface area contributed by atoms with Crippen LogP contribution in [0.25, 0.3) is 11.0 Å². The zero-order valence-corrected chi connectivity index (χ0v) is 14.8. The van der Waals surface area contributed by atoms with E-state index in [-0.39, 0.29) is 18.3 Å². The van der Waals surface area contributed by atoms with Gasteiger partial charge in [-0.1, -0.05) is 6.07 Å². The van der Waals surface area contributed by atoms with Gasteiger partial charge in [0.2, 0.25) is 5.91 Å². The van der Waals surface area contributed by atoms with Gasteiger partial charge >= 0.3 is 0 Å². The van der Waals surface area contributed by atoms with Crippen molar-refractivity contribution in [2.75, 3.05) is 17.7 Å². The number of fused-ring (bicyclic) bond motifs is 2. The fourth-order valence-electron chi connectivity index (χ4n) is 3.53. The minimum Gasteiger partial charge on any atom is -0.496 e. The molecule has 134 valence electrons. The topological polar surface area (TPSA) is 84.2 Å². The number of nitrogen functional groups attached to an aromatic ring is 1. The van der Waals surface area contributed by atoms with Crippen LogP contribution in [0.2, 0.25) is 0 Å². The number of carbonyl (C=O) groups is 1. The number of nitrogens with two attached hydrogens (primary N) is 1. The fourth-order valence-corrected chi connectivity index (χ4v) is 3.53. The van der Waals surface area contributed by atoms with E-state index in [4.69, 9.17) is 10.5 Å². The molecule has 0 saturated heterocycles. The Balaban J connectivity index is 1.83. The van der Waals surface area contributed by atoms with Gasteiger partial charge in [0.25, 0.3) is 0 Å². The van der Waals surface area contributed by atoms with Gasteiger partial charge in [-0.3, -0.25) is 4.79 Å². The molecule has 4 rings (SSSR count). The van der Waals surface area contributed by atoms with E-state index in [1.807, 2.05) is 26.0 Å². The monoisotopic (exact) mass is 354 g/mol. The smallest absolute Gasteiger partial charge is 0.237 e. The van der Waals surface area contributed by atoms with E-state index in [0.717, 1.165) is 27.8 Å². The van der Waals surface area contributed by atoms with Crippen molar-refractivity contribution in [3.8, 4) is 5.75 Å². The molecule has 2 aromatic carbocycles. The Hall–Kier alpha value is -3.09. The van der Waals surface area contributed by atoms with E-state index in [1.165, 1.54) is 19.2 Å². The third kappa shape index (κ3) is 2.31. The third-order valence-corrected chi connectivity index (χ3v) is 4.94. The zero-order valence-electron chi connectivity index (χ0n) is 14.8. The van der Waals surface area contributed by atoms with Crippen molar-refractivity contribution in [2.45, 2.75) is 25.8 Å². The minimum absolute atomic E-state index is 0.0282. The van der Waals surface area contributed by atoms with Gasteiger partial charge in [0, 0.05) is 11.6 Å². The van der Waals surface area contributed by atoms with E-state index in [0.29, 0.717) is 11.7 Å². The summed E-state index contributed by atoms with van der Waals surface area (Å²) in [6, 6.07) is 8.11. The third-order valence-electron chi connectivity index (χ3n) is 4.94. The van der Waals surface area contributed by atoms with Crippen molar-refractivity contribution in [1.82, 2.24) is 9.97 Å². The molecule has 0 saturated carbocycles. The molecular weight excluding hydrogens is 335 g/mol. The first kappa shape index (κ1) is 16.4. The van der Waals surface area contributed by atoms with Crippen LogP contribution < -0.4 is 15.4 Å². The number of anilines is 2. The first-order valence-corrected chi connectivity index (χ1v) is 8.25. The molecule has 1 amide bonds. The normalized spacial score (nSPS) is 15.5. The molecule has 26 heavy (non-hydrogen) atoms. The quantitative estimate of drug-likeness (QED) is 0.757. The molecule has 0 spiro atoms. The summed E-state index contributed by atoms with van der Waals surface area (Å²) in [5.41, 5.74) is 8.97. The van der Waals surface area contributed by atoms with Crippen LogP contribution in [0.1, 0.15) is 25.0 Å². The summed E-state index contributed by atoms with van der Waals surface area (Å²) in [6.07, 6.45) is 0. The van der Waals surface area contributed by atoms with Gasteiger partial charge in [-0.2, -0.15) is 0 Å². The maximum atomic E-state index is 13.5. The molecule has 6 nitrogen and oxygen atoms in total. The summed E-state index contributed by atoms with van der Waals surface area (Å²) < 4.78 is 18.8. The highest BCUT2D eigenvalue weighted by Gasteiger charge is 2.44. The molecule has 1 aliphatic heterocycles. The second-order valence-corrected chi connectivity index (χ2v) is 6.98. The minimum atomic E-state index is -0.690. The van der Waals surface area contributed by atoms with Crippen molar-refractivity contribution in [2.24, 2.45) is 0 Å². The molecule has 0 fully saturated rings. The van der Waals surface area contributed by atoms with Gasteiger partial charge in [0.1, 0.15) is 11.6 Å². The molecule has 2 heterocycles. The first-order valence-electron chi connectivity index (χ1n) is 8.25. The highest BCUT2D eigenvalue weighted by molar-refractivity contribution is 6.09. The standard InChI is InChI=1S/C19H19FN4O2/c1-19(2)12-7-13-14(23-18(21)22-13)8-15(12)24(17(19)25)9-10-4-5-11(20)6-16(10)26-3/h4-8H,9H2,1-3H3,(H3,21,22,23). The number of H-pyrrole nitrogens is 1. The highest BCUT2D eigenvalue weighted by atomic mass is 19.1.